The maximum atomic E-state index is 9.57. The summed E-state index contributed by atoms with van der Waals surface area (Å²) in [6.07, 6.45) is 1.63. The van der Waals surface area contributed by atoms with Crippen molar-refractivity contribution in [2.45, 2.75) is 6.92 Å². The Bertz CT molecular complexity index is 430. The molecular weight excluding hydrogens is 417 g/mol. The van der Waals surface area contributed by atoms with Crippen molar-refractivity contribution in [3.8, 4) is 5.75 Å². The van der Waals surface area contributed by atoms with E-state index >= 15 is 0 Å². The summed E-state index contributed by atoms with van der Waals surface area (Å²) in [6, 6.07) is 3.60. The van der Waals surface area contributed by atoms with E-state index in [1.807, 2.05) is 13.0 Å². The Morgan fingerprint density at radius 1 is 1.65 bits per heavy atom. The zero-order valence-electron chi connectivity index (χ0n) is 9.00. The van der Waals surface area contributed by atoms with Crippen LogP contribution in [0, 0.1) is 3.57 Å². The van der Waals surface area contributed by atoms with E-state index in [0.717, 1.165) is 15.7 Å². The molecule has 0 atom stereocenters. The highest BCUT2D eigenvalue weighted by atomic mass is 127. The van der Waals surface area contributed by atoms with Crippen LogP contribution in [0.15, 0.2) is 21.7 Å². The first-order chi connectivity index (χ1) is 8.04. The minimum atomic E-state index is 0.235. The first kappa shape index (κ1) is 14.7. The van der Waals surface area contributed by atoms with E-state index in [-0.39, 0.29) is 5.75 Å². The first-order valence-corrected chi connectivity index (χ1v) is 7.07. The summed E-state index contributed by atoms with van der Waals surface area (Å²) in [4.78, 5) is 0. The lowest BCUT2D eigenvalue weighted by Crippen LogP contribution is -2.31. The molecule has 0 unspecified atom stereocenters. The molecule has 0 aliphatic heterocycles. The number of hydrogen-bond donors (Lipinski definition) is 3. The Kier molecular flexibility index (Phi) is 6.14. The van der Waals surface area contributed by atoms with Crippen molar-refractivity contribution >= 4 is 62.1 Å². The molecule has 0 amide bonds. The molecule has 0 fully saturated rings. The molecule has 4 nitrogen and oxygen atoms in total. The van der Waals surface area contributed by atoms with Gasteiger partial charge in [0.25, 0.3) is 0 Å². The smallest absolute Gasteiger partial charge is 0.186 e. The van der Waals surface area contributed by atoms with Crippen molar-refractivity contribution in [2.75, 3.05) is 6.54 Å². The van der Waals surface area contributed by atoms with E-state index in [1.165, 1.54) is 0 Å². The van der Waals surface area contributed by atoms with E-state index in [0.29, 0.717) is 9.59 Å². The zero-order valence-corrected chi connectivity index (χ0v) is 13.6. The fourth-order valence-electron chi connectivity index (χ4n) is 1.03. The Hall–Kier alpha value is -0.410. The number of rotatable bonds is 3. The third-order valence-corrected chi connectivity index (χ3v) is 3.42. The van der Waals surface area contributed by atoms with Gasteiger partial charge in [-0.05, 0) is 75.4 Å². The average Bonchev–Trinajstić information content (AvgIpc) is 2.26. The number of nitrogens with zero attached hydrogens (tertiary/aromatic N) is 1. The van der Waals surface area contributed by atoms with Gasteiger partial charge in [0.05, 0.1) is 14.3 Å². The first-order valence-electron chi connectivity index (χ1n) is 4.79. The van der Waals surface area contributed by atoms with Crippen LogP contribution in [0.1, 0.15) is 12.5 Å². The molecule has 0 aliphatic rings. The van der Waals surface area contributed by atoms with E-state index in [2.05, 4.69) is 54.4 Å². The van der Waals surface area contributed by atoms with E-state index in [9.17, 15) is 5.11 Å². The fourth-order valence-corrected chi connectivity index (χ4v) is 2.72. The van der Waals surface area contributed by atoms with Gasteiger partial charge in [0, 0.05) is 6.54 Å². The van der Waals surface area contributed by atoms with Gasteiger partial charge in [0.1, 0.15) is 5.75 Å². The second-order valence-corrected chi connectivity index (χ2v) is 5.49. The molecule has 3 N–H and O–H groups in total. The third-order valence-electron chi connectivity index (χ3n) is 1.76. The monoisotopic (exact) mass is 427 g/mol. The van der Waals surface area contributed by atoms with E-state index in [1.54, 1.807) is 12.3 Å². The van der Waals surface area contributed by atoms with E-state index < -0.39 is 0 Å². The van der Waals surface area contributed by atoms with Gasteiger partial charge in [-0.2, -0.15) is 5.10 Å². The standard InChI is InChI=1S/C10H11BrIN3OS/c1-2-13-10(17)15-14-5-6-3-7(11)9(16)8(12)4-6/h3-5,16H,2H2,1H3,(H2,13,15,17)/b14-5-. The molecule has 0 spiro atoms. The van der Waals surface area contributed by atoms with Gasteiger partial charge in [0.15, 0.2) is 5.11 Å². The Morgan fingerprint density at radius 3 is 2.94 bits per heavy atom. The van der Waals surface area contributed by atoms with Gasteiger partial charge in [-0.1, -0.05) is 0 Å². The van der Waals surface area contributed by atoms with Crippen molar-refractivity contribution in [1.29, 1.82) is 0 Å². The normalized spacial score (nSPS) is 10.5. The maximum absolute atomic E-state index is 9.57. The molecule has 1 rings (SSSR count). The molecule has 0 aliphatic carbocycles. The number of aromatic hydroxyl groups is 1. The van der Waals surface area contributed by atoms with Crippen molar-refractivity contribution in [3.05, 3.63) is 25.7 Å². The van der Waals surface area contributed by atoms with Crippen LogP contribution in [0.2, 0.25) is 0 Å². The summed E-state index contributed by atoms with van der Waals surface area (Å²) in [7, 11) is 0. The number of hydrazone groups is 1. The zero-order chi connectivity index (χ0) is 12.8. The third kappa shape index (κ3) is 4.76. The van der Waals surface area contributed by atoms with Crippen molar-refractivity contribution in [1.82, 2.24) is 10.7 Å². The number of thiocarbonyl (C=S) groups is 1. The molecule has 17 heavy (non-hydrogen) atoms. The van der Waals surface area contributed by atoms with Crippen LogP contribution in [-0.2, 0) is 0 Å². The molecule has 1 aromatic rings. The molecule has 92 valence electrons. The van der Waals surface area contributed by atoms with Gasteiger partial charge < -0.3 is 10.4 Å². The fraction of sp³-hybridized carbons (Fsp3) is 0.200. The highest BCUT2D eigenvalue weighted by Crippen LogP contribution is 2.29. The van der Waals surface area contributed by atoms with Crippen LogP contribution in [0.25, 0.3) is 0 Å². The predicted octanol–water partition coefficient (Wildman–Crippen LogP) is 2.58. The lowest BCUT2D eigenvalue weighted by Gasteiger charge is -2.04. The van der Waals surface area contributed by atoms with Crippen LogP contribution >= 0.6 is 50.7 Å². The number of halogens is 2. The van der Waals surface area contributed by atoms with Gasteiger partial charge in [-0.15, -0.1) is 0 Å². The van der Waals surface area contributed by atoms with Crippen molar-refractivity contribution in [2.24, 2.45) is 5.10 Å². The summed E-state index contributed by atoms with van der Waals surface area (Å²) in [6.45, 7) is 2.71. The van der Waals surface area contributed by atoms with Crippen molar-refractivity contribution < 1.29 is 5.11 Å². The minimum Gasteiger partial charge on any atom is -0.506 e. The molecular formula is C10H11BrIN3OS. The molecule has 7 heteroatoms. The van der Waals surface area contributed by atoms with Crippen LogP contribution in [-0.4, -0.2) is 23.0 Å². The van der Waals surface area contributed by atoms with Crippen LogP contribution < -0.4 is 10.7 Å². The van der Waals surface area contributed by atoms with Gasteiger partial charge in [-0.3, -0.25) is 5.43 Å². The number of phenols is 1. The summed E-state index contributed by atoms with van der Waals surface area (Å²) in [5.41, 5.74) is 3.56. The second-order valence-electron chi connectivity index (χ2n) is 3.06. The highest BCUT2D eigenvalue weighted by Gasteiger charge is 2.04. The quantitative estimate of drug-likeness (QED) is 0.300. The Balaban J connectivity index is 2.69. The number of phenolic OH excluding ortho intramolecular Hbond substituents is 1. The SMILES string of the molecule is CCNC(=S)N/N=C\c1cc(Br)c(O)c(I)c1. The summed E-state index contributed by atoms with van der Waals surface area (Å²) >= 11 is 10.3. The second kappa shape index (κ2) is 7.12. The van der Waals surface area contributed by atoms with Crippen LogP contribution in [0.5, 0.6) is 5.75 Å². The van der Waals surface area contributed by atoms with Gasteiger partial charge >= 0.3 is 0 Å². The number of nitrogens with one attached hydrogen (secondary N) is 2. The molecule has 0 saturated carbocycles. The largest absolute Gasteiger partial charge is 0.506 e. The molecule has 0 radical (unpaired) electrons. The summed E-state index contributed by atoms with van der Waals surface area (Å²) in [5.74, 6) is 0.235. The molecule has 0 aromatic heterocycles. The van der Waals surface area contributed by atoms with Gasteiger partial charge in [-0.25, -0.2) is 0 Å². The summed E-state index contributed by atoms with van der Waals surface area (Å²) < 4.78 is 1.40. The van der Waals surface area contributed by atoms with Crippen LogP contribution in [0.4, 0.5) is 0 Å². The Labute approximate surface area is 127 Å². The number of benzene rings is 1. The lowest BCUT2D eigenvalue weighted by molar-refractivity contribution is 0.468. The summed E-state index contributed by atoms with van der Waals surface area (Å²) in [5, 5.41) is 17.0. The van der Waals surface area contributed by atoms with Gasteiger partial charge in [0.2, 0.25) is 0 Å². The topological polar surface area (TPSA) is 56.7 Å². The highest BCUT2D eigenvalue weighted by molar-refractivity contribution is 14.1. The molecule has 0 heterocycles. The van der Waals surface area contributed by atoms with E-state index in [4.69, 9.17) is 12.2 Å². The number of hydrogen-bond acceptors (Lipinski definition) is 3. The van der Waals surface area contributed by atoms with Crippen molar-refractivity contribution in [3.63, 3.8) is 0 Å². The lowest BCUT2D eigenvalue weighted by atomic mass is 10.2. The maximum Gasteiger partial charge on any atom is 0.186 e. The van der Waals surface area contributed by atoms with Crippen LogP contribution in [0.3, 0.4) is 0 Å². The predicted molar refractivity (Wildman–Crippen MR) is 85.5 cm³/mol. The Morgan fingerprint density at radius 2 is 2.35 bits per heavy atom. The molecule has 0 saturated heterocycles. The molecule has 1 aromatic carbocycles. The molecule has 0 bridgehead atoms. The average molecular weight is 428 g/mol. The minimum absolute atomic E-state index is 0.235.